The van der Waals surface area contributed by atoms with Gasteiger partial charge in [0.05, 0.1) is 18.1 Å². The highest BCUT2D eigenvalue weighted by Crippen LogP contribution is 2.11. The normalized spacial score (nSPS) is 11.0. The van der Waals surface area contributed by atoms with Gasteiger partial charge in [0.25, 0.3) is 0 Å². The van der Waals surface area contributed by atoms with Crippen LogP contribution in [0.3, 0.4) is 0 Å². The predicted molar refractivity (Wildman–Crippen MR) is 76.6 cm³/mol. The summed E-state index contributed by atoms with van der Waals surface area (Å²) in [4.78, 5) is 8.76. The summed E-state index contributed by atoms with van der Waals surface area (Å²) in [5.41, 5.74) is 2.05. The van der Waals surface area contributed by atoms with E-state index in [0.717, 1.165) is 36.0 Å². The Kier molecular flexibility index (Phi) is 4.14. The summed E-state index contributed by atoms with van der Waals surface area (Å²) in [7, 11) is 0. The third kappa shape index (κ3) is 3.53. The van der Waals surface area contributed by atoms with Crippen molar-refractivity contribution in [3.8, 4) is 5.82 Å². The van der Waals surface area contributed by atoms with Crippen LogP contribution < -0.4 is 5.32 Å². The highest BCUT2D eigenvalue weighted by molar-refractivity contribution is 5.36. The van der Waals surface area contributed by atoms with Crippen LogP contribution in [0.1, 0.15) is 31.7 Å². The SMILES string of the molecule is Cc1cc(C)n(-c2cncc(NCCC(C)C)n2)n1. The third-order valence-electron chi connectivity index (χ3n) is 2.88. The van der Waals surface area contributed by atoms with Gasteiger partial charge in [-0.15, -0.1) is 0 Å². The lowest BCUT2D eigenvalue weighted by molar-refractivity contribution is 0.606. The van der Waals surface area contributed by atoms with Crippen molar-refractivity contribution in [1.82, 2.24) is 19.7 Å². The fourth-order valence-corrected chi connectivity index (χ4v) is 1.89. The summed E-state index contributed by atoms with van der Waals surface area (Å²) < 4.78 is 1.82. The molecule has 0 saturated carbocycles. The first kappa shape index (κ1) is 13.5. The van der Waals surface area contributed by atoms with Crippen molar-refractivity contribution in [2.24, 2.45) is 5.92 Å². The highest BCUT2D eigenvalue weighted by Gasteiger charge is 2.06. The molecule has 102 valence electrons. The molecule has 0 atom stereocenters. The largest absolute Gasteiger partial charge is 0.369 e. The van der Waals surface area contributed by atoms with Gasteiger partial charge in [-0.05, 0) is 32.3 Å². The number of anilines is 1. The molecule has 0 spiro atoms. The Morgan fingerprint density at radius 1 is 1.26 bits per heavy atom. The van der Waals surface area contributed by atoms with Gasteiger partial charge in [0.15, 0.2) is 5.82 Å². The van der Waals surface area contributed by atoms with E-state index in [1.807, 2.05) is 24.6 Å². The molecule has 2 heterocycles. The molecule has 2 aromatic heterocycles. The van der Waals surface area contributed by atoms with Crippen molar-refractivity contribution in [1.29, 1.82) is 0 Å². The summed E-state index contributed by atoms with van der Waals surface area (Å²) in [5.74, 6) is 2.23. The van der Waals surface area contributed by atoms with Crippen LogP contribution in [0.4, 0.5) is 5.82 Å². The quantitative estimate of drug-likeness (QED) is 0.897. The van der Waals surface area contributed by atoms with Crippen LogP contribution in [0, 0.1) is 19.8 Å². The first-order valence-corrected chi connectivity index (χ1v) is 6.66. The van der Waals surface area contributed by atoms with E-state index in [9.17, 15) is 0 Å². The van der Waals surface area contributed by atoms with Crippen molar-refractivity contribution in [2.45, 2.75) is 34.1 Å². The highest BCUT2D eigenvalue weighted by atomic mass is 15.3. The van der Waals surface area contributed by atoms with Crippen LogP contribution in [-0.4, -0.2) is 26.3 Å². The van der Waals surface area contributed by atoms with E-state index in [-0.39, 0.29) is 0 Å². The second-order valence-corrected chi connectivity index (χ2v) is 5.21. The molecule has 0 amide bonds. The number of hydrogen-bond donors (Lipinski definition) is 1. The molecule has 0 aliphatic heterocycles. The van der Waals surface area contributed by atoms with Gasteiger partial charge in [-0.1, -0.05) is 13.8 Å². The van der Waals surface area contributed by atoms with Crippen LogP contribution in [0.2, 0.25) is 0 Å². The molecule has 19 heavy (non-hydrogen) atoms. The van der Waals surface area contributed by atoms with Gasteiger partial charge in [-0.3, -0.25) is 4.98 Å². The number of hydrogen-bond acceptors (Lipinski definition) is 4. The van der Waals surface area contributed by atoms with Crippen LogP contribution in [0.15, 0.2) is 18.5 Å². The number of nitrogens with zero attached hydrogens (tertiary/aromatic N) is 4. The molecule has 5 heteroatoms. The second-order valence-electron chi connectivity index (χ2n) is 5.21. The van der Waals surface area contributed by atoms with Crippen molar-refractivity contribution >= 4 is 5.82 Å². The Balaban J connectivity index is 2.13. The Hall–Kier alpha value is -1.91. The summed E-state index contributed by atoms with van der Waals surface area (Å²) in [5, 5.41) is 7.71. The fourth-order valence-electron chi connectivity index (χ4n) is 1.89. The lowest BCUT2D eigenvalue weighted by Gasteiger charge is -2.09. The van der Waals surface area contributed by atoms with Gasteiger partial charge >= 0.3 is 0 Å². The summed E-state index contributed by atoms with van der Waals surface area (Å²) in [6, 6.07) is 2.03. The Bertz CT molecular complexity index is 545. The molecular weight excluding hydrogens is 238 g/mol. The fraction of sp³-hybridized carbons (Fsp3) is 0.500. The molecule has 0 bridgehead atoms. The lowest BCUT2D eigenvalue weighted by atomic mass is 10.1. The molecule has 0 unspecified atom stereocenters. The zero-order valence-electron chi connectivity index (χ0n) is 12.0. The molecule has 0 saturated heterocycles. The Morgan fingerprint density at radius 3 is 2.68 bits per heavy atom. The topological polar surface area (TPSA) is 55.6 Å². The van der Waals surface area contributed by atoms with Crippen molar-refractivity contribution in [3.63, 3.8) is 0 Å². The number of aromatic nitrogens is 4. The van der Waals surface area contributed by atoms with Crippen LogP contribution in [0.25, 0.3) is 5.82 Å². The van der Waals surface area contributed by atoms with Crippen LogP contribution in [0.5, 0.6) is 0 Å². The molecule has 2 rings (SSSR count). The first-order chi connectivity index (χ1) is 9.06. The molecule has 0 aliphatic rings. The zero-order valence-corrected chi connectivity index (χ0v) is 12.0. The Morgan fingerprint density at radius 2 is 2.05 bits per heavy atom. The second kappa shape index (κ2) is 5.82. The third-order valence-corrected chi connectivity index (χ3v) is 2.88. The molecule has 0 fully saturated rings. The van der Waals surface area contributed by atoms with E-state index < -0.39 is 0 Å². The monoisotopic (exact) mass is 259 g/mol. The van der Waals surface area contributed by atoms with Crippen LogP contribution in [-0.2, 0) is 0 Å². The average Bonchev–Trinajstić information content (AvgIpc) is 2.68. The van der Waals surface area contributed by atoms with Gasteiger partial charge < -0.3 is 5.32 Å². The van der Waals surface area contributed by atoms with Crippen LogP contribution >= 0.6 is 0 Å². The summed E-state index contributed by atoms with van der Waals surface area (Å²) in [6.45, 7) is 9.31. The Labute approximate surface area is 114 Å². The maximum absolute atomic E-state index is 4.54. The molecule has 5 nitrogen and oxygen atoms in total. The maximum Gasteiger partial charge on any atom is 0.174 e. The lowest BCUT2D eigenvalue weighted by Crippen LogP contribution is -2.09. The van der Waals surface area contributed by atoms with Gasteiger partial charge in [0, 0.05) is 12.2 Å². The van der Waals surface area contributed by atoms with E-state index in [1.165, 1.54) is 0 Å². The van der Waals surface area contributed by atoms with Crippen molar-refractivity contribution < 1.29 is 0 Å². The minimum Gasteiger partial charge on any atom is -0.369 e. The van der Waals surface area contributed by atoms with E-state index in [4.69, 9.17) is 0 Å². The molecule has 0 aliphatic carbocycles. The van der Waals surface area contributed by atoms with Gasteiger partial charge in [0.2, 0.25) is 0 Å². The minimum atomic E-state index is 0.680. The number of aryl methyl sites for hydroxylation is 2. The van der Waals surface area contributed by atoms with Crippen molar-refractivity contribution in [3.05, 3.63) is 29.8 Å². The summed E-state index contributed by atoms with van der Waals surface area (Å²) in [6.07, 6.45) is 4.59. The maximum atomic E-state index is 4.54. The van der Waals surface area contributed by atoms with E-state index in [2.05, 4.69) is 34.2 Å². The molecule has 1 N–H and O–H groups in total. The smallest absolute Gasteiger partial charge is 0.174 e. The standard InChI is InChI=1S/C14H21N5/c1-10(2)5-6-16-13-8-15-9-14(17-13)19-12(4)7-11(3)18-19/h7-10H,5-6H2,1-4H3,(H,16,17). The predicted octanol–water partition coefficient (Wildman–Crippen LogP) is 2.74. The zero-order chi connectivity index (χ0) is 13.8. The van der Waals surface area contributed by atoms with Gasteiger partial charge in [-0.2, -0.15) is 5.10 Å². The molecular formula is C14H21N5. The summed E-state index contributed by atoms with van der Waals surface area (Å²) >= 11 is 0. The molecule has 2 aromatic rings. The number of rotatable bonds is 5. The van der Waals surface area contributed by atoms with Crippen molar-refractivity contribution in [2.75, 3.05) is 11.9 Å². The average molecular weight is 259 g/mol. The number of nitrogens with one attached hydrogen (secondary N) is 1. The minimum absolute atomic E-state index is 0.680. The van der Waals surface area contributed by atoms with E-state index in [0.29, 0.717) is 5.92 Å². The van der Waals surface area contributed by atoms with E-state index >= 15 is 0 Å². The first-order valence-electron chi connectivity index (χ1n) is 6.66. The van der Waals surface area contributed by atoms with Gasteiger partial charge in [0.1, 0.15) is 5.82 Å². The van der Waals surface area contributed by atoms with Gasteiger partial charge in [-0.25, -0.2) is 9.67 Å². The molecule has 0 radical (unpaired) electrons. The molecule has 0 aromatic carbocycles. The van der Waals surface area contributed by atoms with E-state index in [1.54, 1.807) is 12.4 Å².